The lowest BCUT2D eigenvalue weighted by Gasteiger charge is -2.40. The van der Waals surface area contributed by atoms with Crippen molar-refractivity contribution in [1.29, 1.82) is 0 Å². The fourth-order valence-corrected chi connectivity index (χ4v) is 2.75. The van der Waals surface area contributed by atoms with Gasteiger partial charge in [-0.05, 0) is 25.0 Å². The normalized spacial score (nSPS) is 23.2. The Labute approximate surface area is 102 Å². The number of nitrogens with zero attached hydrogens (tertiary/aromatic N) is 2. The predicted molar refractivity (Wildman–Crippen MR) is 65.1 cm³/mol. The lowest BCUT2D eigenvalue weighted by atomic mass is 10.0. The summed E-state index contributed by atoms with van der Waals surface area (Å²) in [6, 6.07) is 2.07. The van der Waals surface area contributed by atoms with Crippen molar-refractivity contribution in [1.82, 2.24) is 4.98 Å². The van der Waals surface area contributed by atoms with Crippen LogP contribution in [0.15, 0.2) is 18.5 Å². The van der Waals surface area contributed by atoms with Crippen molar-refractivity contribution >= 4 is 5.69 Å². The molecule has 1 aromatic rings. The van der Waals surface area contributed by atoms with Crippen LogP contribution in [0.2, 0.25) is 0 Å². The largest absolute Gasteiger partial charge is 0.366 e. The van der Waals surface area contributed by atoms with Gasteiger partial charge in [-0.1, -0.05) is 0 Å². The number of rotatable bonds is 1. The number of piperidine rings is 1. The molecule has 0 N–H and O–H groups in total. The third-order valence-electron chi connectivity index (χ3n) is 3.56. The number of hydrogen-bond acceptors (Lipinski definition) is 4. The fraction of sp³-hybridized carbons (Fsp3) is 0.615. The Kier molecular flexibility index (Phi) is 2.76. The molecule has 0 saturated carbocycles. The summed E-state index contributed by atoms with van der Waals surface area (Å²) in [7, 11) is 0. The SMILES string of the molecule is Cc1cnccc1N1CCCC2(C1)OCCO2. The first kappa shape index (κ1) is 11.0. The van der Waals surface area contributed by atoms with Crippen molar-refractivity contribution in [3.05, 3.63) is 24.0 Å². The van der Waals surface area contributed by atoms with E-state index in [2.05, 4.69) is 22.9 Å². The van der Waals surface area contributed by atoms with Crippen molar-refractivity contribution < 1.29 is 9.47 Å². The first-order valence-corrected chi connectivity index (χ1v) is 6.23. The minimum Gasteiger partial charge on any atom is -0.366 e. The quantitative estimate of drug-likeness (QED) is 0.741. The van der Waals surface area contributed by atoms with Crippen LogP contribution < -0.4 is 4.90 Å². The average Bonchev–Trinajstić information content (AvgIpc) is 2.78. The van der Waals surface area contributed by atoms with Crippen molar-refractivity contribution in [2.75, 3.05) is 31.2 Å². The van der Waals surface area contributed by atoms with Crippen molar-refractivity contribution in [2.24, 2.45) is 0 Å². The number of hydrogen-bond donors (Lipinski definition) is 0. The van der Waals surface area contributed by atoms with Crippen LogP contribution in [0.25, 0.3) is 0 Å². The van der Waals surface area contributed by atoms with Gasteiger partial charge in [-0.3, -0.25) is 4.98 Å². The lowest BCUT2D eigenvalue weighted by Crippen LogP contribution is -2.49. The molecule has 17 heavy (non-hydrogen) atoms. The summed E-state index contributed by atoms with van der Waals surface area (Å²) >= 11 is 0. The van der Waals surface area contributed by atoms with Gasteiger partial charge in [-0.15, -0.1) is 0 Å². The first-order valence-electron chi connectivity index (χ1n) is 6.23. The summed E-state index contributed by atoms with van der Waals surface area (Å²) in [4.78, 5) is 6.49. The Morgan fingerprint density at radius 2 is 2.18 bits per heavy atom. The molecule has 3 heterocycles. The molecule has 0 atom stereocenters. The summed E-state index contributed by atoms with van der Waals surface area (Å²) < 4.78 is 11.6. The molecule has 1 spiro atoms. The molecule has 0 amide bonds. The standard InChI is InChI=1S/C13H18N2O2/c1-11-9-14-5-3-12(11)15-6-2-4-13(10-15)16-7-8-17-13/h3,5,9H,2,4,6-8,10H2,1H3. The second-order valence-electron chi connectivity index (χ2n) is 4.79. The van der Waals surface area contributed by atoms with E-state index in [-0.39, 0.29) is 5.79 Å². The summed E-state index contributed by atoms with van der Waals surface area (Å²) in [6.07, 6.45) is 5.88. The molecule has 0 bridgehead atoms. The maximum absolute atomic E-state index is 5.79. The van der Waals surface area contributed by atoms with E-state index >= 15 is 0 Å². The van der Waals surface area contributed by atoms with Crippen molar-refractivity contribution in [3.8, 4) is 0 Å². The molecule has 0 unspecified atom stereocenters. The van der Waals surface area contributed by atoms with Crippen LogP contribution in [0.4, 0.5) is 5.69 Å². The van der Waals surface area contributed by atoms with Crippen LogP contribution >= 0.6 is 0 Å². The molecule has 0 radical (unpaired) electrons. The van der Waals surface area contributed by atoms with Crippen molar-refractivity contribution in [3.63, 3.8) is 0 Å². The summed E-state index contributed by atoms with van der Waals surface area (Å²) in [5.41, 5.74) is 2.46. The van der Waals surface area contributed by atoms with Gasteiger partial charge in [0.1, 0.15) is 0 Å². The van der Waals surface area contributed by atoms with Gasteiger partial charge in [-0.2, -0.15) is 0 Å². The summed E-state index contributed by atoms with van der Waals surface area (Å²) in [6.45, 7) is 5.45. The Morgan fingerprint density at radius 3 is 2.94 bits per heavy atom. The Hall–Kier alpha value is -1.13. The van der Waals surface area contributed by atoms with Gasteiger partial charge in [-0.25, -0.2) is 0 Å². The lowest BCUT2D eigenvalue weighted by molar-refractivity contribution is -0.161. The highest BCUT2D eigenvalue weighted by Crippen LogP contribution is 2.33. The van der Waals surface area contributed by atoms with Crippen LogP contribution in [0.1, 0.15) is 18.4 Å². The third kappa shape index (κ3) is 2.03. The molecule has 2 aliphatic rings. The van der Waals surface area contributed by atoms with Gasteiger partial charge in [0.15, 0.2) is 5.79 Å². The van der Waals surface area contributed by atoms with Gasteiger partial charge in [0, 0.05) is 31.0 Å². The molecule has 2 aliphatic heterocycles. The topological polar surface area (TPSA) is 34.6 Å². The Morgan fingerprint density at radius 1 is 1.35 bits per heavy atom. The van der Waals surface area contributed by atoms with E-state index in [9.17, 15) is 0 Å². The Bertz CT molecular complexity index is 402. The van der Waals surface area contributed by atoms with E-state index in [1.165, 1.54) is 11.3 Å². The number of anilines is 1. The number of pyridine rings is 1. The zero-order chi connectivity index (χ0) is 11.7. The highest BCUT2D eigenvalue weighted by atomic mass is 16.7. The maximum Gasteiger partial charge on any atom is 0.186 e. The summed E-state index contributed by atoms with van der Waals surface area (Å²) in [5.74, 6) is -0.353. The van der Waals surface area contributed by atoms with E-state index in [0.717, 1.165) is 39.1 Å². The van der Waals surface area contributed by atoms with E-state index in [0.29, 0.717) is 0 Å². The molecule has 2 saturated heterocycles. The van der Waals surface area contributed by atoms with E-state index in [4.69, 9.17) is 9.47 Å². The first-order chi connectivity index (χ1) is 8.29. The molecular formula is C13H18N2O2. The molecule has 3 rings (SSSR count). The number of ether oxygens (including phenoxy) is 2. The average molecular weight is 234 g/mol. The van der Waals surface area contributed by atoms with E-state index < -0.39 is 0 Å². The van der Waals surface area contributed by atoms with Crippen LogP contribution in [0, 0.1) is 6.92 Å². The maximum atomic E-state index is 5.79. The second kappa shape index (κ2) is 4.27. The molecule has 0 aromatic carbocycles. The number of aromatic nitrogens is 1. The smallest absolute Gasteiger partial charge is 0.186 e. The molecular weight excluding hydrogens is 216 g/mol. The molecule has 92 valence electrons. The van der Waals surface area contributed by atoms with E-state index in [1.807, 2.05) is 12.4 Å². The van der Waals surface area contributed by atoms with Gasteiger partial charge < -0.3 is 14.4 Å². The molecule has 1 aromatic heterocycles. The number of aryl methyl sites for hydroxylation is 1. The summed E-state index contributed by atoms with van der Waals surface area (Å²) in [5, 5.41) is 0. The zero-order valence-corrected chi connectivity index (χ0v) is 10.2. The van der Waals surface area contributed by atoms with Crippen LogP contribution in [-0.2, 0) is 9.47 Å². The van der Waals surface area contributed by atoms with Gasteiger partial charge in [0.05, 0.1) is 19.8 Å². The van der Waals surface area contributed by atoms with Crippen LogP contribution in [0.3, 0.4) is 0 Å². The zero-order valence-electron chi connectivity index (χ0n) is 10.2. The molecule has 0 aliphatic carbocycles. The van der Waals surface area contributed by atoms with Crippen LogP contribution in [0.5, 0.6) is 0 Å². The molecule has 2 fully saturated rings. The molecule has 4 nitrogen and oxygen atoms in total. The second-order valence-corrected chi connectivity index (χ2v) is 4.79. The van der Waals surface area contributed by atoms with Gasteiger partial charge >= 0.3 is 0 Å². The third-order valence-corrected chi connectivity index (χ3v) is 3.56. The highest BCUT2D eigenvalue weighted by molar-refractivity contribution is 5.52. The van der Waals surface area contributed by atoms with Crippen molar-refractivity contribution in [2.45, 2.75) is 25.6 Å². The minimum atomic E-state index is -0.353. The minimum absolute atomic E-state index is 0.353. The van der Waals surface area contributed by atoms with Gasteiger partial charge in [0.25, 0.3) is 0 Å². The monoisotopic (exact) mass is 234 g/mol. The van der Waals surface area contributed by atoms with Crippen LogP contribution in [-0.4, -0.2) is 37.1 Å². The highest BCUT2D eigenvalue weighted by Gasteiger charge is 2.40. The predicted octanol–water partition coefficient (Wildman–Crippen LogP) is 1.73. The van der Waals surface area contributed by atoms with E-state index in [1.54, 1.807) is 0 Å². The molecule has 4 heteroatoms. The van der Waals surface area contributed by atoms with Gasteiger partial charge in [0.2, 0.25) is 0 Å². The Balaban J connectivity index is 1.82. The fourth-order valence-electron chi connectivity index (χ4n) is 2.75.